The van der Waals surface area contributed by atoms with Gasteiger partial charge in [-0.2, -0.15) is 0 Å². The average Bonchev–Trinajstić information content (AvgIpc) is 2.28. The topological polar surface area (TPSA) is 92.4 Å². The molecule has 0 saturated heterocycles. The molecule has 5 heteroatoms. The van der Waals surface area contributed by atoms with Crippen molar-refractivity contribution in [3.8, 4) is 0 Å². The zero-order chi connectivity index (χ0) is 12.8. The molecule has 0 fully saturated rings. The lowest BCUT2D eigenvalue weighted by atomic mass is 10.1. The summed E-state index contributed by atoms with van der Waals surface area (Å²) in [5.41, 5.74) is 7.39. The number of aliphatic hydroxyl groups excluding tert-OH is 1. The minimum Gasteiger partial charge on any atom is -0.399 e. The summed E-state index contributed by atoms with van der Waals surface area (Å²) in [5.74, 6) is -0.340. The van der Waals surface area contributed by atoms with Gasteiger partial charge in [-0.25, -0.2) is 0 Å². The maximum Gasteiger partial charge on any atom is 0.252 e. The van der Waals surface area contributed by atoms with Crippen LogP contribution in [0, 0.1) is 6.92 Å². The minimum absolute atomic E-state index is 0.148. The highest BCUT2D eigenvalue weighted by atomic mass is 16.3. The number of amides is 1. The maximum atomic E-state index is 11.8. The lowest BCUT2D eigenvalue weighted by molar-refractivity contribution is -0.109. The summed E-state index contributed by atoms with van der Waals surface area (Å²) in [6, 6.07) is 4.27. The van der Waals surface area contributed by atoms with E-state index in [0.29, 0.717) is 17.5 Å². The van der Waals surface area contributed by atoms with Crippen LogP contribution in [0.4, 0.5) is 5.69 Å². The van der Waals surface area contributed by atoms with E-state index in [2.05, 4.69) is 5.32 Å². The van der Waals surface area contributed by atoms with Gasteiger partial charge in [0.15, 0.2) is 0 Å². The Morgan fingerprint density at radius 2 is 2.29 bits per heavy atom. The number of aldehydes is 1. The van der Waals surface area contributed by atoms with Crippen LogP contribution < -0.4 is 11.1 Å². The van der Waals surface area contributed by atoms with Crippen LogP contribution in [0.15, 0.2) is 18.2 Å². The maximum absolute atomic E-state index is 11.8. The molecular weight excluding hydrogens is 220 g/mol. The Labute approximate surface area is 99.6 Å². The molecule has 0 aliphatic rings. The van der Waals surface area contributed by atoms with Crippen LogP contribution >= 0.6 is 0 Å². The van der Waals surface area contributed by atoms with Crippen molar-refractivity contribution in [3.63, 3.8) is 0 Å². The van der Waals surface area contributed by atoms with Crippen LogP contribution in [0.2, 0.25) is 0 Å². The van der Waals surface area contributed by atoms with E-state index in [1.165, 1.54) is 0 Å². The van der Waals surface area contributed by atoms with Crippen LogP contribution in [0.3, 0.4) is 0 Å². The monoisotopic (exact) mass is 236 g/mol. The molecule has 0 saturated carbocycles. The second kappa shape index (κ2) is 6.00. The van der Waals surface area contributed by atoms with Gasteiger partial charge in [0.2, 0.25) is 0 Å². The van der Waals surface area contributed by atoms with Gasteiger partial charge in [0, 0.05) is 17.9 Å². The smallest absolute Gasteiger partial charge is 0.252 e. The zero-order valence-electron chi connectivity index (χ0n) is 9.64. The number of hydrogen-bond acceptors (Lipinski definition) is 4. The van der Waals surface area contributed by atoms with E-state index in [1.54, 1.807) is 25.1 Å². The fourth-order valence-electron chi connectivity index (χ4n) is 1.50. The number of hydrogen-bond donors (Lipinski definition) is 3. The predicted octanol–water partition coefficient (Wildman–Crippen LogP) is 0.257. The number of aliphatic hydroxyl groups is 1. The molecule has 5 nitrogen and oxygen atoms in total. The van der Waals surface area contributed by atoms with Gasteiger partial charge >= 0.3 is 0 Å². The standard InChI is InChI=1S/C12H16N2O3/c1-8-6-9(13)2-3-11(8)12(17)14-10(7-16)4-5-15/h2-3,6-7,10,15H,4-5,13H2,1H3,(H,14,17). The van der Waals surface area contributed by atoms with Crippen molar-refractivity contribution < 1.29 is 14.7 Å². The average molecular weight is 236 g/mol. The molecule has 1 rings (SSSR count). The molecule has 1 amide bonds. The van der Waals surface area contributed by atoms with E-state index < -0.39 is 6.04 Å². The number of carbonyl (C=O) groups excluding carboxylic acids is 2. The van der Waals surface area contributed by atoms with Crippen molar-refractivity contribution in [3.05, 3.63) is 29.3 Å². The largest absolute Gasteiger partial charge is 0.399 e. The molecule has 0 radical (unpaired) electrons. The summed E-state index contributed by atoms with van der Waals surface area (Å²) in [4.78, 5) is 22.5. The Hall–Kier alpha value is -1.88. The van der Waals surface area contributed by atoms with Gasteiger partial charge in [-0.05, 0) is 37.1 Å². The first-order valence-electron chi connectivity index (χ1n) is 5.31. The SMILES string of the molecule is Cc1cc(N)ccc1C(=O)NC(C=O)CCO. The Morgan fingerprint density at radius 3 is 2.82 bits per heavy atom. The highest BCUT2D eigenvalue weighted by Crippen LogP contribution is 2.12. The normalized spacial score (nSPS) is 11.9. The van der Waals surface area contributed by atoms with E-state index in [9.17, 15) is 9.59 Å². The van der Waals surface area contributed by atoms with Crippen LogP contribution in [-0.4, -0.2) is 29.9 Å². The Morgan fingerprint density at radius 1 is 1.59 bits per heavy atom. The van der Waals surface area contributed by atoms with Crippen molar-refractivity contribution >= 4 is 17.9 Å². The third-order valence-electron chi connectivity index (χ3n) is 2.42. The van der Waals surface area contributed by atoms with E-state index in [1.807, 2.05) is 0 Å². The summed E-state index contributed by atoms with van der Waals surface area (Å²) in [6.07, 6.45) is 0.823. The summed E-state index contributed by atoms with van der Waals surface area (Å²) in [5, 5.41) is 11.3. The molecule has 0 aromatic heterocycles. The first-order chi connectivity index (χ1) is 8.08. The van der Waals surface area contributed by atoms with Crippen LogP contribution in [0.5, 0.6) is 0 Å². The van der Waals surface area contributed by atoms with Crippen LogP contribution in [0.25, 0.3) is 0 Å². The third-order valence-corrected chi connectivity index (χ3v) is 2.42. The van der Waals surface area contributed by atoms with E-state index >= 15 is 0 Å². The van der Waals surface area contributed by atoms with Gasteiger partial charge in [-0.3, -0.25) is 4.79 Å². The van der Waals surface area contributed by atoms with Gasteiger partial charge in [0.25, 0.3) is 5.91 Å². The molecule has 0 spiro atoms. The highest BCUT2D eigenvalue weighted by Gasteiger charge is 2.14. The zero-order valence-corrected chi connectivity index (χ0v) is 9.64. The van der Waals surface area contributed by atoms with E-state index in [4.69, 9.17) is 10.8 Å². The Kier molecular flexibility index (Phi) is 4.66. The first-order valence-corrected chi connectivity index (χ1v) is 5.31. The lowest BCUT2D eigenvalue weighted by Crippen LogP contribution is -2.37. The molecular formula is C12H16N2O3. The molecule has 1 aromatic rings. The van der Waals surface area contributed by atoms with Crippen molar-refractivity contribution in [2.24, 2.45) is 0 Å². The number of aryl methyl sites for hydroxylation is 1. The number of nitrogens with one attached hydrogen (secondary N) is 1. The predicted molar refractivity (Wildman–Crippen MR) is 64.6 cm³/mol. The highest BCUT2D eigenvalue weighted by molar-refractivity contribution is 5.97. The van der Waals surface area contributed by atoms with E-state index in [0.717, 1.165) is 5.56 Å². The fraction of sp³-hybridized carbons (Fsp3) is 0.333. The third kappa shape index (κ3) is 3.57. The second-order valence-corrected chi connectivity index (χ2v) is 3.80. The number of benzene rings is 1. The van der Waals surface area contributed by atoms with Gasteiger partial charge in [-0.15, -0.1) is 0 Å². The molecule has 0 aliphatic heterocycles. The number of nitrogen functional groups attached to an aromatic ring is 1. The van der Waals surface area contributed by atoms with Crippen molar-refractivity contribution in [2.75, 3.05) is 12.3 Å². The van der Waals surface area contributed by atoms with Crippen molar-refractivity contribution in [1.29, 1.82) is 0 Å². The quantitative estimate of drug-likeness (QED) is 0.505. The van der Waals surface area contributed by atoms with Crippen molar-refractivity contribution in [2.45, 2.75) is 19.4 Å². The minimum atomic E-state index is -0.663. The van der Waals surface area contributed by atoms with Gasteiger partial charge in [0.05, 0.1) is 6.04 Å². The van der Waals surface area contributed by atoms with Gasteiger partial charge < -0.3 is 21.0 Å². The van der Waals surface area contributed by atoms with Crippen molar-refractivity contribution in [1.82, 2.24) is 5.32 Å². The number of nitrogens with two attached hydrogens (primary N) is 1. The first kappa shape index (κ1) is 13.2. The Balaban J connectivity index is 2.78. The Bertz CT molecular complexity index is 418. The number of anilines is 1. The number of carbonyl (C=O) groups is 2. The molecule has 0 heterocycles. The summed E-state index contributed by atoms with van der Waals surface area (Å²) < 4.78 is 0. The number of rotatable bonds is 5. The molecule has 17 heavy (non-hydrogen) atoms. The molecule has 92 valence electrons. The molecule has 0 aliphatic carbocycles. The second-order valence-electron chi connectivity index (χ2n) is 3.80. The molecule has 1 unspecified atom stereocenters. The van der Waals surface area contributed by atoms with Gasteiger partial charge in [0.1, 0.15) is 6.29 Å². The molecule has 0 bridgehead atoms. The van der Waals surface area contributed by atoms with Gasteiger partial charge in [-0.1, -0.05) is 0 Å². The molecule has 1 aromatic carbocycles. The summed E-state index contributed by atoms with van der Waals surface area (Å²) in [6.45, 7) is 1.62. The summed E-state index contributed by atoms with van der Waals surface area (Å²) >= 11 is 0. The molecule has 4 N–H and O–H groups in total. The fourth-order valence-corrected chi connectivity index (χ4v) is 1.50. The van der Waals surface area contributed by atoms with Crippen LogP contribution in [-0.2, 0) is 4.79 Å². The molecule has 1 atom stereocenters. The lowest BCUT2D eigenvalue weighted by Gasteiger charge is -2.12. The summed E-state index contributed by atoms with van der Waals surface area (Å²) in [7, 11) is 0. The van der Waals surface area contributed by atoms with E-state index in [-0.39, 0.29) is 18.9 Å². The van der Waals surface area contributed by atoms with Crippen LogP contribution in [0.1, 0.15) is 22.3 Å².